The second kappa shape index (κ2) is 7.76. The van der Waals surface area contributed by atoms with Crippen molar-refractivity contribution in [3.63, 3.8) is 0 Å². The Morgan fingerprint density at radius 1 is 1.17 bits per heavy atom. The first-order valence-corrected chi connectivity index (χ1v) is 8.90. The zero-order valence-electron chi connectivity index (χ0n) is 16.2. The van der Waals surface area contributed by atoms with E-state index in [0.29, 0.717) is 25.6 Å². The lowest BCUT2D eigenvalue weighted by Gasteiger charge is -2.23. The number of fused-ring (bicyclic) bond motifs is 1. The number of rotatable bonds is 4. The van der Waals surface area contributed by atoms with Crippen molar-refractivity contribution in [3.05, 3.63) is 47.3 Å². The highest BCUT2D eigenvalue weighted by atomic mass is 19.4. The van der Waals surface area contributed by atoms with E-state index in [1.54, 1.807) is 31.9 Å². The van der Waals surface area contributed by atoms with Crippen molar-refractivity contribution in [1.82, 2.24) is 14.9 Å². The molecule has 0 atom stereocenters. The zero-order valence-corrected chi connectivity index (χ0v) is 16.2. The van der Waals surface area contributed by atoms with E-state index in [9.17, 15) is 18.0 Å². The number of alkyl halides is 3. The first-order valence-electron chi connectivity index (χ1n) is 8.90. The number of carbonyl (C=O) groups is 1. The number of ether oxygens (including phenoxy) is 2. The van der Waals surface area contributed by atoms with E-state index in [0.717, 1.165) is 16.8 Å². The summed E-state index contributed by atoms with van der Waals surface area (Å²) in [5, 5.41) is 3.02. The molecule has 2 heterocycles. The maximum Gasteiger partial charge on any atom is 0.573 e. The summed E-state index contributed by atoms with van der Waals surface area (Å²) in [5.41, 5.74) is 1.72. The van der Waals surface area contributed by atoms with Crippen LogP contribution in [-0.4, -0.2) is 32.9 Å². The zero-order chi connectivity index (χ0) is 21.2. The van der Waals surface area contributed by atoms with E-state index in [1.165, 1.54) is 24.3 Å². The van der Waals surface area contributed by atoms with Crippen molar-refractivity contribution in [2.45, 2.75) is 52.4 Å². The van der Waals surface area contributed by atoms with E-state index in [4.69, 9.17) is 4.74 Å². The molecule has 1 aliphatic heterocycles. The van der Waals surface area contributed by atoms with Crippen LogP contribution in [0.25, 0.3) is 0 Å². The number of hydrogen-bond donors (Lipinski definition) is 1. The molecule has 0 saturated heterocycles. The molecule has 1 aliphatic rings. The number of nitrogens with zero attached hydrogens (tertiary/aromatic N) is 3. The van der Waals surface area contributed by atoms with Crippen LogP contribution in [0.1, 0.15) is 37.6 Å². The fraction of sp³-hybridized carbons (Fsp3) is 0.421. The van der Waals surface area contributed by atoms with Gasteiger partial charge in [0.1, 0.15) is 11.4 Å². The van der Waals surface area contributed by atoms with Gasteiger partial charge in [-0.05, 0) is 38.5 Å². The van der Waals surface area contributed by atoms with Crippen molar-refractivity contribution < 1.29 is 27.4 Å². The third kappa shape index (κ3) is 5.97. The van der Waals surface area contributed by atoms with Crippen molar-refractivity contribution in [2.24, 2.45) is 0 Å². The Balaban J connectivity index is 1.57. The van der Waals surface area contributed by atoms with E-state index >= 15 is 0 Å². The largest absolute Gasteiger partial charge is 0.573 e. The molecule has 0 fully saturated rings. The summed E-state index contributed by atoms with van der Waals surface area (Å²) in [6, 6.07) is 5.52. The van der Waals surface area contributed by atoms with Crippen LogP contribution < -0.4 is 10.1 Å². The molecule has 7 nitrogen and oxygen atoms in total. The third-order valence-electron chi connectivity index (χ3n) is 3.92. The van der Waals surface area contributed by atoms with Gasteiger partial charge in [-0.3, -0.25) is 4.90 Å². The summed E-state index contributed by atoms with van der Waals surface area (Å²) in [6.45, 7) is 6.43. The fourth-order valence-corrected chi connectivity index (χ4v) is 2.68. The molecule has 10 heteroatoms. The second-order valence-electron chi connectivity index (χ2n) is 7.55. The summed E-state index contributed by atoms with van der Waals surface area (Å²) < 4.78 is 45.8. The maximum absolute atomic E-state index is 12.2. The highest BCUT2D eigenvalue weighted by molar-refractivity contribution is 5.69. The minimum absolute atomic E-state index is 0.280. The number of halogens is 3. The molecule has 3 rings (SSSR count). The Bertz CT molecular complexity index is 880. The molecule has 2 aromatic rings. The number of aromatic nitrogens is 2. The van der Waals surface area contributed by atoms with E-state index in [2.05, 4.69) is 20.0 Å². The van der Waals surface area contributed by atoms with Gasteiger partial charge in [0.25, 0.3) is 0 Å². The topological polar surface area (TPSA) is 76.6 Å². The number of amides is 1. The Hall–Kier alpha value is -3.04. The van der Waals surface area contributed by atoms with Crippen molar-refractivity contribution in [3.8, 4) is 5.75 Å². The molecule has 0 aliphatic carbocycles. The summed E-state index contributed by atoms with van der Waals surface area (Å²) in [4.78, 5) is 22.4. The third-order valence-corrected chi connectivity index (χ3v) is 3.92. The monoisotopic (exact) mass is 410 g/mol. The highest BCUT2D eigenvalue weighted by Crippen LogP contribution is 2.25. The number of benzene rings is 1. The average Bonchev–Trinajstić information content (AvgIpc) is 3.02. The quantitative estimate of drug-likeness (QED) is 0.813. The number of anilines is 1. The van der Waals surface area contributed by atoms with E-state index in [-0.39, 0.29) is 5.75 Å². The van der Waals surface area contributed by atoms with Gasteiger partial charge >= 0.3 is 12.5 Å². The Morgan fingerprint density at radius 3 is 2.48 bits per heavy atom. The summed E-state index contributed by atoms with van der Waals surface area (Å²) in [7, 11) is 0. The first kappa shape index (κ1) is 20.7. The standard InChI is InChI=1S/C19H21F3N4O3/c1-18(2,3)29-17(27)26-10-13-9-24-16(25-15(13)11-26)23-8-12-4-6-14(7-5-12)28-19(20,21)22/h4-7,9H,8,10-11H2,1-3H3,(H,23,24,25). The van der Waals surface area contributed by atoms with Gasteiger partial charge in [-0.25, -0.2) is 14.8 Å². The Morgan fingerprint density at radius 2 is 1.86 bits per heavy atom. The van der Waals surface area contributed by atoms with Crippen molar-refractivity contribution in [1.29, 1.82) is 0 Å². The molecule has 1 N–H and O–H groups in total. The highest BCUT2D eigenvalue weighted by Gasteiger charge is 2.31. The number of carbonyl (C=O) groups excluding carboxylic acids is 1. The molecule has 0 radical (unpaired) electrons. The minimum Gasteiger partial charge on any atom is -0.444 e. The van der Waals surface area contributed by atoms with Gasteiger partial charge in [-0.1, -0.05) is 12.1 Å². The van der Waals surface area contributed by atoms with Gasteiger partial charge in [0.2, 0.25) is 5.95 Å². The SMILES string of the molecule is CC(C)(C)OC(=O)N1Cc2cnc(NCc3ccc(OC(F)(F)F)cc3)nc2C1. The van der Waals surface area contributed by atoms with Crippen LogP contribution in [0.5, 0.6) is 5.75 Å². The van der Waals surface area contributed by atoms with Crippen molar-refractivity contribution in [2.75, 3.05) is 5.32 Å². The molecule has 1 amide bonds. The normalized spacial score (nSPS) is 13.8. The molecular formula is C19H21F3N4O3. The van der Waals surface area contributed by atoms with E-state index in [1.807, 2.05) is 0 Å². The van der Waals surface area contributed by atoms with Crippen LogP contribution in [0.4, 0.5) is 23.9 Å². The van der Waals surface area contributed by atoms with Crippen molar-refractivity contribution >= 4 is 12.0 Å². The lowest BCUT2D eigenvalue weighted by atomic mass is 10.2. The first-order chi connectivity index (χ1) is 13.5. The molecule has 0 spiro atoms. The molecule has 156 valence electrons. The molecule has 0 bridgehead atoms. The van der Waals surface area contributed by atoms with Crippen LogP contribution in [0.15, 0.2) is 30.5 Å². The predicted molar refractivity (Wildman–Crippen MR) is 98.0 cm³/mol. The van der Waals surface area contributed by atoms with Crippen LogP contribution >= 0.6 is 0 Å². The number of hydrogen-bond acceptors (Lipinski definition) is 6. The molecule has 1 aromatic heterocycles. The molecule has 0 unspecified atom stereocenters. The second-order valence-corrected chi connectivity index (χ2v) is 7.55. The molecule has 0 saturated carbocycles. The molecule has 29 heavy (non-hydrogen) atoms. The summed E-state index contributed by atoms with van der Waals surface area (Å²) in [5.74, 6) is 0.0858. The fourth-order valence-electron chi connectivity index (χ4n) is 2.68. The lowest BCUT2D eigenvalue weighted by Crippen LogP contribution is -2.33. The average molecular weight is 410 g/mol. The maximum atomic E-state index is 12.2. The van der Waals surface area contributed by atoms with Gasteiger partial charge in [0, 0.05) is 18.3 Å². The van der Waals surface area contributed by atoms with Gasteiger partial charge in [0.15, 0.2) is 0 Å². The Labute approximate surface area is 165 Å². The van der Waals surface area contributed by atoms with E-state index < -0.39 is 18.1 Å². The van der Waals surface area contributed by atoms with Gasteiger partial charge in [0.05, 0.1) is 18.8 Å². The van der Waals surface area contributed by atoms with Gasteiger partial charge in [-0.15, -0.1) is 13.2 Å². The van der Waals surface area contributed by atoms with Crippen LogP contribution in [-0.2, 0) is 24.4 Å². The number of nitrogens with one attached hydrogen (secondary N) is 1. The molecule has 1 aromatic carbocycles. The summed E-state index contributed by atoms with van der Waals surface area (Å²) >= 11 is 0. The lowest BCUT2D eigenvalue weighted by molar-refractivity contribution is -0.274. The van der Waals surface area contributed by atoms with Crippen LogP contribution in [0, 0.1) is 0 Å². The van der Waals surface area contributed by atoms with Crippen LogP contribution in [0.3, 0.4) is 0 Å². The smallest absolute Gasteiger partial charge is 0.444 e. The van der Waals surface area contributed by atoms with Gasteiger partial charge < -0.3 is 14.8 Å². The minimum atomic E-state index is -4.72. The van der Waals surface area contributed by atoms with Crippen LogP contribution in [0.2, 0.25) is 0 Å². The molecular weight excluding hydrogens is 389 g/mol. The predicted octanol–water partition coefficient (Wildman–Crippen LogP) is 4.24. The van der Waals surface area contributed by atoms with Gasteiger partial charge in [-0.2, -0.15) is 0 Å². The summed E-state index contributed by atoms with van der Waals surface area (Å²) in [6.07, 6.45) is -3.48. The Kier molecular flexibility index (Phi) is 5.54.